The predicted octanol–water partition coefficient (Wildman–Crippen LogP) is 3.08. The Morgan fingerprint density at radius 2 is 2.00 bits per heavy atom. The van der Waals surface area contributed by atoms with Crippen molar-refractivity contribution in [2.45, 2.75) is 38.0 Å². The molecule has 36 heavy (non-hydrogen) atoms. The number of likely N-dealkylation sites (tertiary alicyclic amines) is 1. The van der Waals surface area contributed by atoms with Crippen LogP contribution in [0.15, 0.2) is 70.9 Å². The summed E-state index contributed by atoms with van der Waals surface area (Å²) in [4.78, 5) is 20.0. The summed E-state index contributed by atoms with van der Waals surface area (Å²) in [6, 6.07) is 12.5. The van der Waals surface area contributed by atoms with Gasteiger partial charge in [0.15, 0.2) is 6.17 Å². The van der Waals surface area contributed by atoms with Crippen molar-refractivity contribution in [2.24, 2.45) is 10.1 Å². The SMILES string of the molecule is CCS(=O)(=O)Nc1ccc(C(=O)NC2C=NN3C=CC(N4CCC[C@@H]4c4cccc(F)c4)=NC23)cc1. The summed E-state index contributed by atoms with van der Waals surface area (Å²) in [6.45, 7) is 2.36. The van der Waals surface area contributed by atoms with E-state index in [0.29, 0.717) is 11.3 Å². The highest BCUT2D eigenvalue weighted by molar-refractivity contribution is 7.92. The van der Waals surface area contributed by atoms with Crippen LogP contribution in [0.4, 0.5) is 10.1 Å². The largest absolute Gasteiger partial charge is 0.350 e. The lowest BCUT2D eigenvalue weighted by atomic mass is 10.0. The van der Waals surface area contributed by atoms with E-state index in [-0.39, 0.29) is 23.5 Å². The van der Waals surface area contributed by atoms with Gasteiger partial charge < -0.3 is 10.2 Å². The lowest BCUT2D eigenvalue weighted by Gasteiger charge is -2.32. The van der Waals surface area contributed by atoms with Crippen molar-refractivity contribution in [2.75, 3.05) is 17.0 Å². The molecule has 9 nitrogen and oxygen atoms in total. The molecule has 2 N–H and O–H groups in total. The quantitative estimate of drug-likeness (QED) is 0.621. The first-order valence-corrected chi connectivity index (χ1v) is 13.5. The standard InChI is InChI=1S/C25H27FN6O3S/c1-2-36(34,35)30-20-10-8-17(9-11-20)25(33)28-21-16-27-32-14-12-23(29-24(21)32)31-13-4-7-22(31)18-5-3-6-19(26)15-18/h3,5-6,8-12,14-16,21-22,24,30H,2,4,7,13H2,1H3,(H,28,33)/t21?,22-,24?/m1/s1. The average molecular weight is 511 g/mol. The maximum atomic E-state index is 13.8. The normalized spacial score (nSPS) is 22.9. The highest BCUT2D eigenvalue weighted by Crippen LogP contribution is 2.34. The Hall–Kier alpha value is -3.73. The van der Waals surface area contributed by atoms with Gasteiger partial charge in [-0.2, -0.15) is 5.10 Å². The maximum Gasteiger partial charge on any atom is 0.251 e. The molecule has 0 spiro atoms. The Balaban J connectivity index is 1.28. The molecule has 0 aromatic heterocycles. The van der Waals surface area contributed by atoms with E-state index in [1.54, 1.807) is 54.5 Å². The molecule has 11 heteroatoms. The van der Waals surface area contributed by atoms with Crippen molar-refractivity contribution in [3.05, 3.63) is 77.8 Å². The first kappa shape index (κ1) is 24.0. The summed E-state index contributed by atoms with van der Waals surface area (Å²) in [7, 11) is -3.39. The van der Waals surface area contributed by atoms with E-state index in [9.17, 15) is 17.6 Å². The number of nitrogens with zero attached hydrogens (tertiary/aromatic N) is 4. The van der Waals surface area contributed by atoms with Crippen LogP contribution in [0, 0.1) is 5.82 Å². The van der Waals surface area contributed by atoms with Gasteiger partial charge in [-0.05, 0) is 67.8 Å². The molecular weight excluding hydrogens is 483 g/mol. The van der Waals surface area contributed by atoms with Gasteiger partial charge in [0.1, 0.15) is 17.7 Å². The van der Waals surface area contributed by atoms with Crippen molar-refractivity contribution in [3.63, 3.8) is 0 Å². The minimum absolute atomic E-state index is 0.0362. The first-order chi connectivity index (χ1) is 17.3. The fraction of sp³-hybridized carbons (Fsp3) is 0.320. The molecule has 3 heterocycles. The molecule has 3 aliphatic rings. The maximum absolute atomic E-state index is 13.8. The van der Waals surface area contributed by atoms with Gasteiger partial charge in [-0.3, -0.25) is 9.52 Å². The van der Waals surface area contributed by atoms with Crippen molar-refractivity contribution in [1.82, 2.24) is 15.2 Å². The van der Waals surface area contributed by atoms with Crippen molar-refractivity contribution in [3.8, 4) is 0 Å². The van der Waals surface area contributed by atoms with Crippen LogP contribution in [-0.4, -0.2) is 60.8 Å². The topological polar surface area (TPSA) is 106 Å². The van der Waals surface area contributed by atoms with Crippen LogP contribution in [0.5, 0.6) is 0 Å². The second-order valence-corrected chi connectivity index (χ2v) is 10.9. The summed E-state index contributed by atoms with van der Waals surface area (Å²) in [5.74, 6) is 0.170. The average Bonchev–Trinajstić information content (AvgIpc) is 3.51. The van der Waals surface area contributed by atoms with Crippen LogP contribution in [0.25, 0.3) is 0 Å². The molecular formula is C25H27FN6O3S. The highest BCUT2D eigenvalue weighted by atomic mass is 32.2. The van der Waals surface area contributed by atoms with Crippen LogP contribution in [-0.2, 0) is 10.0 Å². The number of halogens is 1. The van der Waals surface area contributed by atoms with Crippen molar-refractivity contribution in [1.29, 1.82) is 0 Å². The van der Waals surface area contributed by atoms with Gasteiger partial charge in [-0.25, -0.2) is 22.8 Å². The van der Waals surface area contributed by atoms with Gasteiger partial charge >= 0.3 is 0 Å². The number of hydrogen-bond donors (Lipinski definition) is 2. The molecule has 5 rings (SSSR count). The molecule has 3 aliphatic heterocycles. The number of hydrazone groups is 1. The third kappa shape index (κ3) is 4.97. The third-order valence-corrected chi connectivity index (χ3v) is 7.78. The van der Waals surface area contributed by atoms with Crippen LogP contribution in [0.2, 0.25) is 0 Å². The molecule has 1 saturated heterocycles. The number of benzene rings is 2. The second-order valence-electron chi connectivity index (χ2n) is 8.85. The van der Waals surface area contributed by atoms with E-state index in [4.69, 9.17) is 4.99 Å². The smallest absolute Gasteiger partial charge is 0.251 e. The van der Waals surface area contributed by atoms with E-state index in [2.05, 4.69) is 20.0 Å². The Bertz CT molecular complexity index is 1340. The van der Waals surface area contributed by atoms with Gasteiger partial charge in [0.2, 0.25) is 10.0 Å². The summed E-state index contributed by atoms with van der Waals surface area (Å²) in [5.41, 5.74) is 1.71. The molecule has 1 amide bonds. The Labute approximate surface area is 209 Å². The van der Waals surface area contributed by atoms with Gasteiger partial charge in [0.25, 0.3) is 5.91 Å². The number of carbonyl (C=O) groups is 1. The molecule has 2 aromatic carbocycles. The number of nitrogens with one attached hydrogen (secondary N) is 2. The van der Waals surface area contributed by atoms with E-state index in [1.807, 2.05) is 18.3 Å². The monoisotopic (exact) mass is 510 g/mol. The van der Waals surface area contributed by atoms with Gasteiger partial charge in [-0.1, -0.05) is 12.1 Å². The van der Waals surface area contributed by atoms with Crippen LogP contribution >= 0.6 is 0 Å². The van der Waals surface area contributed by atoms with Crippen LogP contribution in [0.3, 0.4) is 0 Å². The number of carbonyl (C=O) groups excluding carboxylic acids is 1. The summed E-state index contributed by atoms with van der Waals surface area (Å²) in [6.07, 6.45) is 6.84. The number of amidine groups is 1. The minimum atomic E-state index is -3.39. The summed E-state index contributed by atoms with van der Waals surface area (Å²) in [5, 5.41) is 9.01. The Morgan fingerprint density at radius 3 is 2.75 bits per heavy atom. The zero-order valence-electron chi connectivity index (χ0n) is 19.7. The van der Waals surface area contributed by atoms with Gasteiger partial charge in [-0.15, -0.1) is 0 Å². The highest BCUT2D eigenvalue weighted by Gasteiger charge is 2.36. The molecule has 2 aromatic rings. The van der Waals surface area contributed by atoms with Crippen LogP contribution in [0.1, 0.15) is 41.7 Å². The second kappa shape index (κ2) is 9.73. The van der Waals surface area contributed by atoms with Gasteiger partial charge in [0.05, 0.1) is 18.0 Å². The number of rotatable bonds is 6. The predicted molar refractivity (Wildman–Crippen MR) is 137 cm³/mol. The van der Waals surface area contributed by atoms with Crippen molar-refractivity contribution < 1.29 is 17.6 Å². The van der Waals surface area contributed by atoms with E-state index < -0.39 is 22.2 Å². The lowest BCUT2D eigenvalue weighted by Crippen LogP contribution is -2.47. The molecule has 0 aliphatic carbocycles. The molecule has 188 valence electrons. The Kier molecular flexibility index (Phi) is 6.48. The van der Waals surface area contributed by atoms with Gasteiger partial charge in [0, 0.05) is 24.0 Å². The zero-order chi connectivity index (χ0) is 25.3. The molecule has 1 fully saturated rings. The molecule has 0 bridgehead atoms. The molecule has 3 atom stereocenters. The third-order valence-electron chi connectivity index (χ3n) is 6.47. The molecule has 2 unspecified atom stereocenters. The van der Waals surface area contributed by atoms with Crippen molar-refractivity contribution >= 4 is 33.7 Å². The lowest BCUT2D eigenvalue weighted by molar-refractivity contribution is 0.0936. The van der Waals surface area contributed by atoms with E-state index >= 15 is 0 Å². The van der Waals surface area contributed by atoms with E-state index in [1.165, 1.54) is 6.07 Å². The number of sulfonamides is 1. The minimum Gasteiger partial charge on any atom is -0.350 e. The number of aliphatic imine (C=N–C) groups is 1. The molecule has 0 saturated carbocycles. The number of amides is 1. The Morgan fingerprint density at radius 1 is 1.19 bits per heavy atom. The zero-order valence-corrected chi connectivity index (χ0v) is 20.5. The summed E-state index contributed by atoms with van der Waals surface area (Å²) >= 11 is 0. The fourth-order valence-corrected chi connectivity index (χ4v) is 5.25. The summed E-state index contributed by atoms with van der Waals surface area (Å²) < 4.78 is 39.8. The fourth-order valence-electron chi connectivity index (χ4n) is 4.61. The number of anilines is 1. The van der Waals surface area contributed by atoms with Crippen LogP contribution < -0.4 is 10.0 Å². The molecule has 0 radical (unpaired) electrons. The van der Waals surface area contributed by atoms with E-state index in [0.717, 1.165) is 30.8 Å². The number of fused-ring (bicyclic) bond motifs is 1. The first-order valence-electron chi connectivity index (χ1n) is 11.8. The number of hydrogen-bond acceptors (Lipinski definition) is 7.